The first-order valence-electron chi connectivity index (χ1n) is 8.22. The van der Waals surface area contributed by atoms with Gasteiger partial charge in [0.15, 0.2) is 5.96 Å². The molecule has 134 valence electrons. The Morgan fingerprint density at radius 2 is 2.17 bits per heavy atom. The highest BCUT2D eigenvalue weighted by molar-refractivity contribution is 14.0. The molecule has 6 heteroatoms. The number of ether oxygens (including phenoxy) is 1. The molecule has 0 unspecified atom stereocenters. The van der Waals surface area contributed by atoms with Crippen molar-refractivity contribution in [3.05, 3.63) is 24.0 Å². The fraction of sp³-hybridized carbons (Fsp3) is 0.706. The zero-order valence-electron chi connectivity index (χ0n) is 15.2. The Hall–Kier alpha value is -0.760. The highest BCUT2D eigenvalue weighted by Crippen LogP contribution is 2.04. The molecule has 0 aliphatic heterocycles. The van der Waals surface area contributed by atoms with Crippen molar-refractivity contribution >= 4 is 29.9 Å². The summed E-state index contributed by atoms with van der Waals surface area (Å²) in [6.07, 6.45) is 3.03. The molecule has 1 heterocycles. The second-order valence-corrected chi connectivity index (χ2v) is 6.02. The zero-order valence-corrected chi connectivity index (χ0v) is 17.5. The van der Waals surface area contributed by atoms with E-state index in [0.717, 1.165) is 45.2 Å². The normalized spacial score (nSPS) is 11.5. The predicted molar refractivity (Wildman–Crippen MR) is 109 cm³/mol. The van der Waals surface area contributed by atoms with Crippen LogP contribution >= 0.6 is 24.0 Å². The third-order valence-electron chi connectivity index (χ3n) is 3.31. The summed E-state index contributed by atoms with van der Waals surface area (Å²) < 4.78 is 7.73. The van der Waals surface area contributed by atoms with Crippen molar-refractivity contribution in [2.75, 3.05) is 33.4 Å². The van der Waals surface area contributed by atoms with Crippen LogP contribution in [0.1, 0.15) is 32.9 Å². The van der Waals surface area contributed by atoms with Crippen molar-refractivity contribution in [1.29, 1.82) is 0 Å². The van der Waals surface area contributed by atoms with Crippen molar-refractivity contribution in [3.63, 3.8) is 0 Å². The molecule has 5 nitrogen and oxygen atoms in total. The third kappa shape index (κ3) is 9.20. The van der Waals surface area contributed by atoms with E-state index < -0.39 is 0 Å². The molecule has 0 amide bonds. The van der Waals surface area contributed by atoms with Gasteiger partial charge in [-0.25, -0.2) is 0 Å². The van der Waals surface area contributed by atoms with Gasteiger partial charge in [-0.3, -0.25) is 4.99 Å². The maximum atomic E-state index is 5.59. The monoisotopic (exact) mass is 436 g/mol. The Kier molecular flexibility index (Phi) is 12.2. The first-order chi connectivity index (χ1) is 10.5. The van der Waals surface area contributed by atoms with Crippen molar-refractivity contribution < 1.29 is 4.74 Å². The number of nitrogens with one attached hydrogen (secondary N) is 1. The number of aliphatic imine (C=N–C) groups is 1. The lowest BCUT2D eigenvalue weighted by Crippen LogP contribution is -2.39. The first-order valence-corrected chi connectivity index (χ1v) is 8.22. The van der Waals surface area contributed by atoms with Crippen LogP contribution in [0.4, 0.5) is 0 Å². The average molecular weight is 436 g/mol. The van der Waals surface area contributed by atoms with Crippen LogP contribution in [-0.4, -0.2) is 48.8 Å². The summed E-state index contributed by atoms with van der Waals surface area (Å²) in [5.74, 6) is 1.55. The van der Waals surface area contributed by atoms with Gasteiger partial charge in [-0.15, -0.1) is 24.0 Å². The molecule has 0 fully saturated rings. The van der Waals surface area contributed by atoms with Crippen LogP contribution in [0, 0.1) is 5.92 Å². The van der Waals surface area contributed by atoms with Crippen LogP contribution in [0.15, 0.2) is 23.3 Å². The lowest BCUT2D eigenvalue weighted by atomic mass is 10.2. The molecule has 0 radical (unpaired) electrons. The lowest BCUT2D eigenvalue weighted by Gasteiger charge is -2.22. The smallest absolute Gasteiger partial charge is 0.194 e. The second-order valence-electron chi connectivity index (χ2n) is 6.02. The average Bonchev–Trinajstić information content (AvgIpc) is 2.86. The number of nitrogens with zero attached hydrogens (tertiary/aromatic N) is 3. The third-order valence-corrected chi connectivity index (χ3v) is 3.31. The van der Waals surface area contributed by atoms with E-state index in [4.69, 9.17) is 4.74 Å². The van der Waals surface area contributed by atoms with E-state index in [1.54, 1.807) is 0 Å². The Morgan fingerprint density at radius 3 is 2.74 bits per heavy atom. The Bertz CT molecular complexity index is 446. The van der Waals surface area contributed by atoms with Gasteiger partial charge >= 0.3 is 0 Å². The standard InChI is InChI=1S/C17H32N4O.HI/c1-6-18-17(19-10-8-12-22-14-15(2)3)21(5)13-16-9-7-11-20(16)4;/h7,9,11,15H,6,8,10,12-14H2,1-5H3,(H,18,19);1H. The SMILES string of the molecule is CCNC(=NCCCOCC(C)C)N(C)Cc1cccn1C.I. The molecule has 0 bridgehead atoms. The zero-order chi connectivity index (χ0) is 16.4. The van der Waals surface area contributed by atoms with Gasteiger partial charge in [0.05, 0.1) is 6.54 Å². The summed E-state index contributed by atoms with van der Waals surface area (Å²) in [4.78, 5) is 6.84. The molecule has 1 aromatic heterocycles. The van der Waals surface area contributed by atoms with E-state index in [1.807, 2.05) is 0 Å². The van der Waals surface area contributed by atoms with E-state index in [9.17, 15) is 0 Å². The fourth-order valence-corrected chi connectivity index (χ4v) is 2.12. The van der Waals surface area contributed by atoms with Gasteiger partial charge < -0.3 is 19.5 Å². The van der Waals surface area contributed by atoms with Crippen LogP contribution < -0.4 is 5.32 Å². The van der Waals surface area contributed by atoms with Gasteiger partial charge in [-0.2, -0.15) is 0 Å². The van der Waals surface area contributed by atoms with Gasteiger partial charge in [-0.05, 0) is 31.4 Å². The molecule has 1 rings (SSSR count). The van der Waals surface area contributed by atoms with Crippen molar-refractivity contribution in [1.82, 2.24) is 14.8 Å². The molecule has 1 aromatic rings. The van der Waals surface area contributed by atoms with Crippen molar-refractivity contribution in [2.45, 2.75) is 33.7 Å². The maximum absolute atomic E-state index is 5.59. The van der Waals surface area contributed by atoms with E-state index in [1.165, 1.54) is 5.69 Å². The molecule has 0 saturated heterocycles. The first kappa shape index (κ1) is 22.2. The number of halogens is 1. The largest absolute Gasteiger partial charge is 0.381 e. The second kappa shape index (κ2) is 12.6. The van der Waals surface area contributed by atoms with E-state index in [2.05, 4.69) is 73.0 Å². The number of hydrogen-bond donors (Lipinski definition) is 1. The quantitative estimate of drug-likeness (QED) is 0.280. The summed E-state index contributed by atoms with van der Waals surface area (Å²) >= 11 is 0. The van der Waals surface area contributed by atoms with Gasteiger partial charge in [0, 0.05) is 52.3 Å². The summed E-state index contributed by atoms with van der Waals surface area (Å²) in [5.41, 5.74) is 1.27. The fourth-order valence-electron chi connectivity index (χ4n) is 2.12. The van der Waals surface area contributed by atoms with Crippen LogP contribution in [0.3, 0.4) is 0 Å². The van der Waals surface area contributed by atoms with Crippen LogP contribution in [0.25, 0.3) is 0 Å². The molecule has 0 aliphatic carbocycles. The van der Waals surface area contributed by atoms with Crippen molar-refractivity contribution in [2.24, 2.45) is 18.0 Å². The molecule has 0 aliphatic rings. The predicted octanol–water partition coefficient (Wildman–Crippen LogP) is 3.10. The lowest BCUT2D eigenvalue weighted by molar-refractivity contribution is 0.109. The van der Waals surface area contributed by atoms with Crippen molar-refractivity contribution in [3.8, 4) is 0 Å². The molecule has 0 atom stereocenters. The minimum Gasteiger partial charge on any atom is -0.381 e. The van der Waals surface area contributed by atoms with Crippen LogP contribution in [0.2, 0.25) is 0 Å². The van der Waals surface area contributed by atoms with Gasteiger partial charge in [0.25, 0.3) is 0 Å². The van der Waals surface area contributed by atoms with E-state index in [-0.39, 0.29) is 24.0 Å². The molecule has 0 saturated carbocycles. The molecule has 23 heavy (non-hydrogen) atoms. The minimum absolute atomic E-state index is 0. The molecule has 0 spiro atoms. The van der Waals surface area contributed by atoms with Gasteiger partial charge in [0.1, 0.15) is 0 Å². The Labute approximate surface area is 158 Å². The Morgan fingerprint density at radius 1 is 1.43 bits per heavy atom. The molecular weight excluding hydrogens is 403 g/mol. The number of guanidine groups is 1. The number of hydrogen-bond acceptors (Lipinski definition) is 2. The Balaban J connectivity index is 0.00000484. The summed E-state index contributed by atoms with van der Waals surface area (Å²) in [7, 11) is 4.14. The summed E-state index contributed by atoms with van der Waals surface area (Å²) in [5, 5.41) is 3.35. The highest BCUT2D eigenvalue weighted by Gasteiger charge is 2.07. The molecule has 0 aromatic carbocycles. The number of aromatic nitrogens is 1. The maximum Gasteiger partial charge on any atom is 0.194 e. The van der Waals surface area contributed by atoms with Crippen LogP contribution in [0.5, 0.6) is 0 Å². The van der Waals surface area contributed by atoms with E-state index in [0.29, 0.717) is 5.92 Å². The number of aryl methyl sites for hydroxylation is 1. The van der Waals surface area contributed by atoms with Crippen LogP contribution in [-0.2, 0) is 18.3 Å². The van der Waals surface area contributed by atoms with Gasteiger partial charge in [-0.1, -0.05) is 13.8 Å². The summed E-state index contributed by atoms with van der Waals surface area (Å²) in [6.45, 7) is 10.6. The minimum atomic E-state index is 0. The highest BCUT2D eigenvalue weighted by atomic mass is 127. The molecular formula is C17H33IN4O. The number of rotatable bonds is 9. The van der Waals surface area contributed by atoms with Gasteiger partial charge in [0.2, 0.25) is 0 Å². The molecule has 1 N–H and O–H groups in total. The summed E-state index contributed by atoms with van der Waals surface area (Å²) in [6, 6.07) is 4.21. The topological polar surface area (TPSA) is 41.8 Å². The van der Waals surface area contributed by atoms with E-state index >= 15 is 0 Å².